The molecule has 1 saturated carbocycles. The Morgan fingerprint density at radius 1 is 1.44 bits per heavy atom. The Hall–Kier alpha value is -0.220. The molecule has 0 saturated heterocycles. The van der Waals surface area contributed by atoms with E-state index in [-0.39, 0.29) is 30.4 Å². The molecular formula is C14H27F2NO. The summed E-state index contributed by atoms with van der Waals surface area (Å²) in [5, 5.41) is 3.22. The van der Waals surface area contributed by atoms with Gasteiger partial charge in [-0.1, -0.05) is 0 Å². The van der Waals surface area contributed by atoms with Gasteiger partial charge in [0.05, 0.1) is 5.60 Å². The van der Waals surface area contributed by atoms with Gasteiger partial charge in [0, 0.05) is 26.0 Å². The Morgan fingerprint density at radius 3 is 2.61 bits per heavy atom. The van der Waals surface area contributed by atoms with Crippen LogP contribution in [0.5, 0.6) is 0 Å². The molecule has 1 aliphatic carbocycles. The molecule has 2 nitrogen and oxygen atoms in total. The first-order valence-corrected chi connectivity index (χ1v) is 6.90. The predicted octanol–water partition coefficient (Wildman–Crippen LogP) is 3.61. The van der Waals surface area contributed by atoms with Crippen molar-refractivity contribution in [1.29, 1.82) is 0 Å². The first kappa shape index (κ1) is 15.8. The molecule has 0 heterocycles. The van der Waals surface area contributed by atoms with Crippen molar-refractivity contribution in [2.45, 2.75) is 69.9 Å². The highest BCUT2D eigenvalue weighted by Crippen LogP contribution is 2.39. The van der Waals surface area contributed by atoms with Gasteiger partial charge >= 0.3 is 0 Å². The molecule has 1 aliphatic rings. The predicted molar refractivity (Wildman–Crippen MR) is 70.1 cm³/mol. The van der Waals surface area contributed by atoms with Gasteiger partial charge in [0.1, 0.15) is 0 Å². The molecule has 0 aromatic rings. The van der Waals surface area contributed by atoms with E-state index < -0.39 is 5.92 Å². The normalized spacial score (nSPS) is 26.0. The molecule has 0 aliphatic heterocycles. The lowest BCUT2D eigenvalue weighted by Gasteiger charge is -2.35. The number of hydrogen-bond acceptors (Lipinski definition) is 2. The summed E-state index contributed by atoms with van der Waals surface area (Å²) in [6.07, 6.45) is 3.42. The summed E-state index contributed by atoms with van der Waals surface area (Å²) in [7, 11) is 3.57. The number of alkyl halides is 2. The van der Waals surface area contributed by atoms with Crippen LogP contribution in [0.4, 0.5) is 8.78 Å². The van der Waals surface area contributed by atoms with E-state index in [0.717, 1.165) is 19.3 Å². The molecule has 0 amide bonds. The lowest BCUT2D eigenvalue weighted by molar-refractivity contribution is -0.0599. The molecule has 108 valence electrons. The number of hydrogen-bond donors (Lipinski definition) is 1. The third-order valence-corrected chi connectivity index (χ3v) is 4.23. The third-order valence-electron chi connectivity index (χ3n) is 4.23. The van der Waals surface area contributed by atoms with E-state index in [1.807, 2.05) is 20.9 Å². The van der Waals surface area contributed by atoms with Crippen LogP contribution in [0, 0.1) is 5.92 Å². The zero-order valence-corrected chi connectivity index (χ0v) is 12.1. The summed E-state index contributed by atoms with van der Waals surface area (Å²) in [5.74, 6) is -2.37. The first-order valence-electron chi connectivity index (χ1n) is 6.90. The molecule has 2 atom stereocenters. The zero-order chi connectivity index (χ0) is 13.8. The molecular weight excluding hydrogens is 236 g/mol. The quantitative estimate of drug-likeness (QED) is 0.790. The second-order valence-corrected chi connectivity index (χ2v) is 6.11. The fourth-order valence-corrected chi connectivity index (χ4v) is 2.77. The average molecular weight is 263 g/mol. The van der Waals surface area contributed by atoms with Crippen LogP contribution in [0.3, 0.4) is 0 Å². The molecule has 0 bridgehead atoms. The molecule has 2 unspecified atom stereocenters. The zero-order valence-electron chi connectivity index (χ0n) is 12.1. The Kier molecular flexibility index (Phi) is 5.53. The minimum atomic E-state index is -2.46. The Labute approximate surface area is 109 Å². The van der Waals surface area contributed by atoms with Crippen LogP contribution in [-0.2, 0) is 4.74 Å². The second-order valence-electron chi connectivity index (χ2n) is 6.11. The van der Waals surface area contributed by atoms with Gasteiger partial charge in [-0.2, -0.15) is 0 Å². The van der Waals surface area contributed by atoms with Crippen molar-refractivity contribution >= 4 is 0 Å². The van der Waals surface area contributed by atoms with Gasteiger partial charge < -0.3 is 10.1 Å². The Morgan fingerprint density at radius 2 is 2.11 bits per heavy atom. The monoisotopic (exact) mass is 263 g/mol. The highest BCUT2D eigenvalue weighted by atomic mass is 19.3. The summed E-state index contributed by atoms with van der Waals surface area (Å²) >= 11 is 0. The number of halogens is 2. The topological polar surface area (TPSA) is 21.3 Å². The lowest BCUT2D eigenvalue weighted by atomic mass is 9.79. The number of ether oxygens (including phenoxy) is 1. The van der Waals surface area contributed by atoms with Gasteiger partial charge in [-0.3, -0.25) is 0 Å². The number of methoxy groups -OCH3 is 1. The highest BCUT2D eigenvalue weighted by molar-refractivity contribution is 4.86. The smallest absolute Gasteiger partial charge is 0.248 e. The van der Waals surface area contributed by atoms with Crippen molar-refractivity contribution in [3.63, 3.8) is 0 Å². The molecule has 1 rings (SSSR count). The summed E-state index contributed by atoms with van der Waals surface area (Å²) in [4.78, 5) is 0. The summed E-state index contributed by atoms with van der Waals surface area (Å²) in [5.41, 5.74) is -0.174. The molecule has 0 aromatic carbocycles. The second kappa shape index (κ2) is 6.29. The van der Waals surface area contributed by atoms with E-state index >= 15 is 0 Å². The standard InChI is InChI=1S/C14H27F2NO/c1-13(2,18-4)9-7-12(17-3)11-6-5-8-14(15,16)10-11/h11-12,17H,5-10H2,1-4H3. The maximum Gasteiger partial charge on any atom is 0.248 e. The van der Waals surface area contributed by atoms with Crippen LogP contribution in [-0.4, -0.2) is 31.7 Å². The fraction of sp³-hybridized carbons (Fsp3) is 1.00. The maximum atomic E-state index is 13.4. The van der Waals surface area contributed by atoms with E-state index in [0.29, 0.717) is 6.42 Å². The van der Waals surface area contributed by atoms with E-state index in [9.17, 15) is 8.78 Å². The van der Waals surface area contributed by atoms with Gasteiger partial charge in [0.25, 0.3) is 0 Å². The molecule has 1 fully saturated rings. The van der Waals surface area contributed by atoms with Gasteiger partial charge in [-0.05, 0) is 52.5 Å². The van der Waals surface area contributed by atoms with Gasteiger partial charge in [0.15, 0.2) is 0 Å². The van der Waals surface area contributed by atoms with Crippen LogP contribution in [0.2, 0.25) is 0 Å². The summed E-state index contributed by atoms with van der Waals surface area (Å²) < 4.78 is 32.3. The number of rotatable bonds is 6. The molecule has 18 heavy (non-hydrogen) atoms. The van der Waals surface area contributed by atoms with Gasteiger partial charge in [-0.15, -0.1) is 0 Å². The van der Waals surface area contributed by atoms with Crippen LogP contribution in [0.15, 0.2) is 0 Å². The van der Waals surface area contributed by atoms with Crippen molar-refractivity contribution in [2.75, 3.05) is 14.2 Å². The van der Waals surface area contributed by atoms with E-state index in [2.05, 4.69) is 5.32 Å². The van der Waals surface area contributed by atoms with Crippen molar-refractivity contribution in [1.82, 2.24) is 5.32 Å². The Balaban J connectivity index is 2.50. The molecule has 0 radical (unpaired) electrons. The average Bonchev–Trinajstić information content (AvgIpc) is 2.28. The van der Waals surface area contributed by atoms with E-state index in [1.165, 1.54) is 0 Å². The van der Waals surface area contributed by atoms with Crippen LogP contribution < -0.4 is 5.32 Å². The van der Waals surface area contributed by atoms with Crippen molar-refractivity contribution in [3.05, 3.63) is 0 Å². The van der Waals surface area contributed by atoms with Crippen molar-refractivity contribution in [3.8, 4) is 0 Å². The van der Waals surface area contributed by atoms with Crippen LogP contribution >= 0.6 is 0 Å². The summed E-state index contributed by atoms with van der Waals surface area (Å²) in [6.45, 7) is 4.07. The van der Waals surface area contributed by atoms with Crippen molar-refractivity contribution < 1.29 is 13.5 Å². The largest absolute Gasteiger partial charge is 0.379 e. The lowest BCUT2D eigenvalue weighted by Crippen LogP contribution is -2.41. The molecule has 0 aromatic heterocycles. The Bertz CT molecular complexity index is 256. The van der Waals surface area contributed by atoms with Gasteiger partial charge in [-0.25, -0.2) is 8.78 Å². The molecule has 0 spiro atoms. The minimum absolute atomic E-state index is 0.0336. The SMILES string of the molecule is CNC(CCC(C)(C)OC)C1CCCC(F)(F)C1. The van der Waals surface area contributed by atoms with Crippen molar-refractivity contribution in [2.24, 2.45) is 5.92 Å². The van der Waals surface area contributed by atoms with Gasteiger partial charge in [0.2, 0.25) is 5.92 Å². The molecule has 1 N–H and O–H groups in total. The highest BCUT2D eigenvalue weighted by Gasteiger charge is 2.39. The summed E-state index contributed by atoms with van der Waals surface area (Å²) in [6, 6.07) is 0.172. The number of nitrogens with one attached hydrogen (secondary N) is 1. The van der Waals surface area contributed by atoms with Crippen LogP contribution in [0.25, 0.3) is 0 Å². The fourth-order valence-electron chi connectivity index (χ4n) is 2.77. The minimum Gasteiger partial charge on any atom is -0.379 e. The maximum absolute atomic E-state index is 13.4. The first-order chi connectivity index (χ1) is 8.29. The van der Waals surface area contributed by atoms with E-state index in [4.69, 9.17) is 4.74 Å². The van der Waals surface area contributed by atoms with E-state index in [1.54, 1.807) is 7.11 Å². The molecule has 4 heteroatoms. The van der Waals surface area contributed by atoms with Crippen LogP contribution in [0.1, 0.15) is 52.4 Å². The third kappa shape index (κ3) is 4.81.